The van der Waals surface area contributed by atoms with Crippen molar-refractivity contribution in [2.24, 2.45) is 5.73 Å². The fourth-order valence-corrected chi connectivity index (χ4v) is 2.26. The van der Waals surface area contributed by atoms with Crippen LogP contribution >= 0.6 is 0 Å². The van der Waals surface area contributed by atoms with Gasteiger partial charge in [0.1, 0.15) is 0 Å². The number of carbonyl (C=O) groups is 2. The van der Waals surface area contributed by atoms with Crippen molar-refractivity contribution in [3.63, 3.8) is 0 Å². The van der Waals surface area contributed by atoms with E-state index in [0.29, 0.717) is 18.7 Å². The van der Waals surface area contributed by atoms with Crippen molar-refractivity contribution < 1.29 is 14.3 Å². The maximum absolute atomic E-state index is 12.4. The monoisotopic (exact) mass is 276 g/mol. The molecule has 1 aromatic rings. The van der Waals surface area contributed by atoms with E-state index in [9.17, 15) is 9.59 Å². The van der Waals surface area contributed by atoms with Gasteiger partial charge in [-0.2, -0.15) is 0 Å². The van der Waals surface area contributed by atoms with Gasteiger partial charge < -0.3 is 15.4 Å². The number of nitrogens with two attached hydrogens (primary N) is 1. The molecule has 1 heterocycles. The lowest BCUT2D eigenvalue weighted by Crippen LogP contribution is -2.58. The molecule has 2 N–H and O–H groups in total. The molecule has 5 nitrogen and oxygen atoms in total. The SMILES string of the molecule is CCc1ccc(C(=O)N2CCOC(C)(C(N)=O)C2)cc1. The highest BCUT2D eigenvalue weighted by molar-refractivity contribution is 5.95. The van der Waals surface area contributed by atoms with Gasteiger partial charge in [0, 0.05) is 12.1 Å². The summed E-state index contributed by atoms with van der Waals surface area (Å²) >= 11 is 0. The number of amides is 2. The Labute approximate surface area is 118 Å². The fourth-order valence-electron chi connectivity index (χ4n) is 2.26. The highest BCUT2D eigenvalue weighted by Crippen LogP contribution is 2.19. The maximum atomic E-state index is 12.4. The Morgan fingerprint density at radius 1 is 1.35 bits per heavy atom. The van der Waals surface area contributed by atoms with E-state index in [2.05, 4.69) is 6.92 Å². The third-order valence-corrected chi connectivity index (χ3v) is 3.69. The minimum absolute atomic E-state index is 0.0940. The van der Waals surface area contributed by atoms with E-state index < -0.39 is 11.5 Å². The normalized spacial score (nSPS) is 22.6. The minimum atomic E-state index is -1.10. The van der Waals surface area contributed by atoms with Gasteiger partial charge in [0.15, 0.2) is 5.60 Å². The van der Waals surface area contributed by atoms with Gasteiger partial charge in [-0.25, -0.2) is 0 Å². The molecule has 0 bridgehead atoms. The number of ether oxygens (including phenoxy) is 1. The number of hydrogen-bond acceptors (Lipinski definition) is 3. The first-order valence-electron chi connectivity index (χ1n) is 6.78. The Morgan fingerprint density at radius 2 is 2.00 bits per heavy atom. The number of hydrogen-bond donors (Lipinski definition) is 1. The standard InChI is InChI=1S/C15H20N2O3/c1-3-11-4-6-12(7-5-11)13(18)17-8-9-20-15(2,10-17)14(16)19/h4-7H,3,8-10H2,1-2H3,(H2,16,19). The van der Waals surface area contributed by atoms with Crippen LogP contribution in [0.25, 0.3) is 0 Å². The lowest BCUT2D eigenvalue weighted by Gasteiger charge is -2.38. The van der Waals surface area contributed by atoms with Gasteiger partial charge in [-0.15, -0.1) is 0 Å². The molecule has 0 radical (unpaired) electrons. The molecule has 1 unspecified atom stereocenters. The van der Waals surface area contributed by atoms with Gasteiger partial charge in [0.25, 0.3) is 11.8 Å². The zero-order valence-corrected chi connectivity index (χ0v) is 11.9. The van der Waals surface area contributed by atoms with E-state index in [4.69, 9.17) is 10.5 Å². The second kappa shape index (κ2) is 5.63. The Morgan fingerprint density at radius 3 is 2.55 bits per heavy atom. The van der Waals surface area contributed by atoms with Crippen LogP contribution in [0.15, 0.2) is 24.3 Å². The summed E-state index contributed by atoms with van der Waals surface area (Å²) in [4.78, 5) is 25.5. The Kier molecular flexibility index (Phi) is 4.09. The summed E-state index contributed by atoms with van der Waals surface area (Å²) in [6.07, 6.45) is 0.936. The van der Waals surface area contributed by atoms with Crippen LogP contribution in [0.1, 0.15) is 29.8 Å². The second-order valence-electron chi connectivity index (χ2n) is 5.22. The number of rotatable bonds is 3. The van der Waals surface area contributed by atoms with E-state index in [1.807, 2.05) is 24.3 Å². The summed E-state index contributed by atoms with van der Waals surface area (Å²) in [5.74, 6) is -0.639. The minimum Gasteiger partial charge on any atom is -0.367 e. The molecule has 2 amide bonds. The van der Waals surface area contributed by atoms with Crippen molar-refractivity contribution in [1.82, 2.24) is 4.90 Å². The van der Waals surface area contributed by atoms with Crippen molar-refractivity contribution in [2.75, 3.05) is 19.7 Å². The quantitative estimate of drug-likeness (QED) is 0.894. The third kappa shape index (κ3) is 2.82. The number of morpholine rings is 1. The topological polar surface area (TPSA) is 72.6 Å². The Bertz CT molecular complexity index is 512. The van der Waals surface area contributed by atoms with Gasteiger partial charge in [-0.1, -0.05) is 19.1 Å². The van der Waals surface area contributed by atoms with Crippen LogP contribution in [0.2, 0.25) is 0 Å². The first-order chi connectivity index (χ1) is 9.46. The average molecular weight is 276 g/mol. The summed E-state index contributed by atoms with van der Waals surface area (Å²) in [6, 6.07) is 7.53. The first-order valence-corrected chi connectivity index (χ1v) is 6.78. The van der Waals surface area contributed by atoms with Gasteiger partial charge >= 0.3 is 0 Å². The van der Waals surface area contributed by atoms with Crippen LogP contribution in [-0.2, 0) is 16.0 Å². The van der Waals surface area contributed by atoms with E-state index in [-0.39, 0.29) is 12.5 Å². The molecular formula is C15H20N2O3. The van der Waals surface area contributed by atoms with Crippen molar-refractivity contribution >= 4 is 11.8 Å². The molecule has 1 fully saturated rings. The molecule has 1 atom stereocenters. The summed E-state index contributed by atoms with van der Waals surface area (Å²) in [5.41, 5.74) is 6.05. The summed E-state index contributed by atoms with van der Waals surface area (Å²) < 4.78 is 5.41. The predicted octanol–water partition coefficient (Wildman–Crippen LogP) is 0.965. The average Bonchev–Trinajstić information content (AvgIpc) is 2.46. The molecule has 1 aliphatic rings. The molecule has 108 valence electrons. The molecule has 20 heavy (non-hydrogen) atoms. The van der Waals surface area contributed by atoms with Crippen LogP contribution in [-0.4, -0.2) is 42.0 Å². The fraction of sp³-hybridized carbons (Fsp3) is 0.467. The molecule has 0 saturated carbocycles. The van der Waals surface area contributed by atoms with Crippen molar-refractivity contribution in [3.05, 3.63) is 35.4 Å². The third-order valence-electron chi connectivity index (χ3n) is 3.69. The summed E-state index contributed by atoms with van der Waals surface area (Å²) in [5, 5.41) is 0. The lowest BCUT2D eigenvalue weighted by atomic mass is 10.0. The van der Waals surface area contributed by atoms with Gasteiger partial charge in [-0.3, -0.25) is 9.59 Å². The summed E-state index contributed by atoms with van der Waals surface area (Å²) in [6.45, 7) is 4.66. The van der Waals surface area contributed by atoms with Gasteiger partial charge in [0.2, 0.25) is 0 Å². The smallest absolute Gasteiger partial charge is 0.254 e. The maximum Gasteiger partial charge on any atom is 0.254 e. The van der Waals surface area contributed by atoms with Crippen LogP contribution in [0.4, 0.5) is 0 Å². The van der Waals surface area contributed by atoms with Crippen LogP contribution in [0.5, 0.6) is 0 Å². The van der Waals surface area contributed by atoms with Crippen molar-refractivity contribution in [2.45, 2.75) is 25.9 Å². The molecule has 1 aliphatic heterocycles. The van der Waals surface area contributed by atoms with E-state index in [1.165, 1.54) is 5.56 Å². The number of primary amides is 1. The van der Waals surface area contributed by atoms with Crippen LogP contribution in [0, 0.1) is 0 Å². The molecule has 0 aromatic heterocycles. The second-order valence-corrected chi connectivity index (χ2v) is 5.22. The highest BCUT2D eigenvalue weighted by atomic mass is 16.5. The molecule has 1 aromatic carbocycles. The van der Waals surface area contributed by atoms with Crippen molar-refractivity contribution in [3.8, 4) is 0 Å². The predicted molar refractivity (Wildman–Crippen MR) is 75.3 cm³/mol. The van der Waals surface area contributed by atoms with Crippen LogP contribution in [0.3, 0.4) is 0 Å². The number of benzene rings is 1. The van der Waals surface area contributed by atoms with Gasteiger partial charge in [0.05, 0.1) is 13.2 Å². The zero-order valence-electron chi connectivity index (χ0n) is 11.9. The molecular weight excluding hydrogens is 256 g/mol. The van der Waals surface area contributed by atoms with E-state index in [1.54, 1.807) is 11.8 Å². The lowest BCUT2D eigenvalue weighted by molar-refractivity contribution is -0.150. The molecule has 0 spiro atoms. The molecule has 0 aliphatic carbocycles. The summed E-state index contributed by atoms with van der Waals surface area (Å²) in [7, 11) is 0. The highest BCUT2D eigenvalue weighted by Gasteiger charge is 2.39. The first kappa shape index (κ1) is 14.5. The molecule has 1 saturated heterocycles. The molecule has 5 heteroatoms. The zero-order chi connectivity index (χ0) is 14.8. The van der Waals surface area contributed by atoms with Crippen molar-refractivity contribution in [1.29, 1.82) is 0 Å². The molecule has 2 rings (SSSR count). The number of aryl methyl sites for hydroxylation is 1. The number of carbonyl (C=O) groups excluding carboxylic acids is 2. The van der Waals surface area contributed by atoms with E-state index in [0.717, 1.165) is 6.42 Å². The number of nitrogens with zero attached hydrogens (tertiary/aromatic N) is 1. The van der Waals surface area contributed by atoms with Crippen LogP contribution < -0.4 is 5.73 Å². The van der Waals surface area contributed by atoms with E-state index >= 15 is 0 Å². The Balaban J connectivity index is 2.14. The largest absolute Gasteiger partial charge is 0.367 e. The van der Waals surface area contributed by atoms with Gasteiger partial charge in [-0.05, 0) is 31.0 Å². The Hall–Kier alpha value is -1.88.